The fourth-order valence-electron chi connectivity index (χ4n) is 5.13. The van der Waals surface area contributed by atoms with Crippen molar-refractivity contribution in [2.75, 3.05) is 6.54 Å². The number of carbonyl (C=O) groups excluding carboxylic acids is 2. The van der Waals surface area contributed by atoms with Crippen molar-refractivity contribution in [3.8, 4) is 11.8 Å². The van der Waals surface area contributed by atoms with Crippen LogP contribution in [0.15, 0.2) is 29.2 Å². The van der Waals surface area contributed by atoms with Gasteiger partial charge in [-0.2, -0.15) is 36.7 Å². The van der Waals surface area contributed by atoms with E-state index in [2.05, 4.69) is 10.4 Å². The molecular weight excluding hydrogens is 616 g/mol. The third-order valence-electron chi connectivity index (χ3n) is 7.94. The average molecular weight is 638 g/mol. The van der Waals surface area contributed by atoms with Crippen LogP contribution in [-0.2, 0) is 25.6 Å². The number of halogens is 7. The maximum absolute atomic E-state index is 13.8. The molecule has 1 aromatic carbocycles. The molecule has 9 nitrogen and oxygen atoms in total. The molecule has 3 aliphatic rings. The molecule has 2 saturated carbocycles. The Morgan fingerprint density at radius 2 is 1.76 bits per heavy atom. The second-order valence-electron chi connectivity index (χ2n) is 10.8. The minimum atomic E-state index is -4.91. The smallest absolute Gasteiger partial charge is 0.336 e. The predicted octanol–water partition coefficient (Wildman–Crippen LogP) is 4.11. The lowest BCUT2D eigenvalue weighted by Crippen LogP contribution is -2.53. The van der Waals surface area contributed by atoms with Crippen molar-refractivity contribution in [1.29, 1.82) is 5.26 Å². The first-order valence-electron chi connectivity index (χ1n) is 12.6. The van der Waals surface area contributed by atoms with E-state index in [1.165, 1.54) is 6.92 Å². The molecule has 17 heteroatoms. The van der Waals surface area contributed by atoms with Crippen LogP contribution in [0.25, 0.3) is 5.69 Å². The standard InChI is InChI=1S/C25H22ClF6N5O4S/c1-13-8-19(24(27,28)29)35-37(13)14-2-3-18(16(26)9-14)42(40,41)15-10-17(20(38)34-22(12-33)4-5-22)36(11-15)21(39)23(6-7-23)25(30,31)32/h2-3,8-9,15,17H,4-7,10-11H2,1H3,(H,34,38)/t15-,17+/m1/s1. The Hall–Kier alpha value is -3.32. The van der Waals surface area contributed by atoms with Crippen molar-refractivity contribution in [2.24, 2.45) is 5.41 Å². The number of benzene rings is 1. The van der Waals surface area contributed by atoms with Crippen molar-refractivity contribution < 1.29 is 44.3 Å². The van der Waals surface area contributed by atoms with Gasteiger partial charge in [0, 0.05) is 12.2 Å². The van der Waals surface area contributed by atoms with Crippen LogP contribution < -0.4 is 5.32 Å². The molecule has 42 heavy (non-hydrogen) atoms. The van der Waals surface area contributed by atoms with Gasteiger partial charge in [-0.15, -0.1) is 0 Å². The van der Waals surface area contributed by atoms with Crippen LogP contribution in [0.1, 0.15) is 43.5 Å². The molecule has 5 rings (SSSR count). The number of amides is 2. The van der Waals surface area contributed by atoms with Gasteiger partial charge in [-0.25, -0.2) is 13.1 Å². The number of alkyl halides is 6. The number of sulfone groups is 1. The molecule has 0 radical (unpaired) electrons. The number of hydrogen-bond acceptors (Lipinski definition) is 6. The van der Waals surface area contributed by atoms with E-state index in [1.54, 1.807) is 0 Å². The maximum atomic E-state index is 13.8. The molecule has 2 atom stereocenters. The zero-order valence-corrected chi connectivity index (χ0v) is 23.3. The molecule has 1 N–H and O–H groups in total. The van der Waals surface area contributed by atoms with Crippen molar-refractivity contribution in [1.82, 2.24) is 20.0 Å². The summed E-state index contributed by atoms with van der Waals surface area (Å²) in [7, 11) is -4.49. The number of rotatable bonds is 6. The third-order valence-corrected chi connectivity index (χ3v) is 10.6. The molecule has 1 saturated heterocycles. The Bertz CT molecular complexity index is 1620. The molecule has 2 aliphatic carbocycles. The summed E-state index contributed by atoms with van der Waals surface area (Å²) in [6.07, 6.45) is -10.6. The number of likely N-dealkylation sites (tertiary alicyclic amines) is 1. The van der Waals surface area contributed by atoms with Gasteiger partial charge in [0.05, 0.1) is 26.9 Å². The Labute approximate surface area is 240 Å². The fourth-order valence-corrected chi connectivity index (χ4v) is 7.37. The first-order valence-corrected chi connectivity index (χ1v) is 14.6. The number of aryl methyl sites for hydroxylation is 1. The highest BCUT2D eigenvalue weighted by atomic mass is 35.5. The van der Waals surface area contributed by atoms with Crippen molar-refractivity contribution in [2.45, 2.75) is 73.1 Å². The topological polar surface area (TPSA) is 125 Å². The highest BCUT2D eigenvalue weighted by Crippen LogP contribution is 2.59. The van der Waals surface area contributed by atoms with Crippen LogP contribution >= 0.6 is 11.6 Å². The Kier molecular flexibility index (Phi) is 6.89. The van der Waals surface area contributed by atoms with Gasteiger partial charge in [-0.05, 0) is 63.3 Å². The average Bonchev–Trinajstić information content (AvgIpc) is 3.77. The number of aromatic nitrogens is 2. The van der Waals surface area contributed by atoms with E-state index in [-0.39, 0.29) is 11.4 Å². The SMILES string of the molecule is Cc1cc(C(F)(F)F)nn1-c1ccc(S(=O)(=O)[C@@H]2C[C@@H](C(=O)NC3(C#N)CC3)N(C(=O)C3(C(F)(F)F)CC3)C2)c(Cl)c1. The molecule has 3 fully saturated rings. The summed E-state index contributed by atoms with van der Waals surface area (Å²) in [5, 5.41) is 13.3. The van der Waals surface area contributed by atoms with Gasteiger partial charge < -0.3 is 10.2 Å². The molecule has 2 aromatic rings. The minimum Gasteiger partial charge on any atom is -0.336 e. The van der Waals surface area contributed by atoms with Crippen LogP contribution in [-0.4, -0.2) is 64.5 Å². The van der Waals surface area contributed by atoms with Crippen LogP contribution in [0.5, 0.6) is 0 Å². The quantitative estimate of drug-likeness (QED) is 0.476. The van der Waals surface area contributed by atoms with Gasteiger partial charge in [0.15, 0.2) is 15.5 Å². The van der Waals surface area contributed by atoms with E-state index in [0.29, 0.717) is 17.7 Å². The molecule has 1 aromatic heterocycles. The lowest BCUT2D eigenvalue weighted by atomic mass is 10.0. The highest BCUT2D eigenvalue weighted by molar-refractivity contribution is 7.92. The van der Waals surface area contributed by atoms with Gasteiger partial charge in [0.2, 0.25) is 11.8 Å². The lowest BCUT2D eigenvalue weighted by molar-refractivity contribution is -0.199. The largest absolute Gasteiger partial charge is 0.435 e. The number of nitrogens with one attached hydrogen (secondary N) is 1. The number of nitrogens with zero attached hydrogens (tertiary/aromatic N) is 4. The summed E-state index contributed by atoms with van der Waals surface area (Å²) in [5.41, 5.74) is -5.02. The zero-order chi connectivity index (χ0) is 31.0. The van der Waals surface area contributed by atoms with Crippen molar-refractivity contribution >= 4 is 33.3 Å². The second-order valence-corrected chi connectivity index (χ2v) is 13.4. The number of hydrogen-bond donors (Lipinski definition) is 1. The molecule has 2 heterocycles. The van der Waals surface area contributed by atoms with E-state index in [1.807, 2.05) is 6.07 Å². The van der Waals surface area contributed by atoms with Crippen LogP contribution in [0.4, 0.5) is 26.3 Å². The summed E-state index contributed by atoms with van der Waals surface area (Å²) in [4.78, 5) is 26.4. The van der Waals surface area contributed by atoms with Gasteiger partial charge in [-0.3, -0.25) is 9.59 Å². The fraction of sp³-hybridized carbons (Fsp3) is 0.520. The van der Waals surface area contributed by atoms with Gasteiger partial charge in [0.25, 0.3) is 0 Å². The lowest BCUT2D eigenvalue weighted by Gasteiger charge is -2.29. The van der Waals surface area contributed by atoms with E-state index in [0.717, 1.165) is 28.9 Å². The Balaban J connectivity index is 1.45. The van der Waals surface area contributed by atoms with Crippen LogP contribution in [0.3, 0.4) is 0 Å². The molecule has 1 aliphatic heterocycles. The number of nitriles is 1. The summed E-state index contributed by atoms with van der Waals surface area (Å²) in [6.45, 7) is 0.615. The zero-order valence-electron chi connectivity index (χ0n) is 21.7. The summed E-state index contributed by atoms with van der Waals surface area (Å²) < 4.78 is 109. The first-order chi connectivity index (χ1) is 19.3. The van der Waals surface area contributed by atoms with E-state index >= 15 is 0 Å². The predicted molar refractivity (Wildman–Crippen MR) is 133 cm³/mol. The second kappa shape index (κ2) is 9.60. The Morgan fingerprint density at radius 3 is 2.24 bits per heavy atom. The molecule has 226 valence electrons. The number of carbonyl (C=O) groups is 2. The molecule has 0 unspecified atom stereocenters. The van der Waals surface area contributed by atoms with Gasteiger partial charge >= 0.3 is 12.4 Å². The summed E-state index contributed by atoms with van der Waals surface area (Å²) in [5.74, 6) is -2.35. The van der Waals surface area contributed by atoms with Crippen molar-refractivity contribution in [3.63, 3.8) is 0 Å². The first kappa shape index (κ1) is 30.1. The van der Waals surface area contributed by atoms with Crippen molar-refractivity contribution in [3.05, 3.63) is 40.7 Å². The highest BCUT2D eigenvalue weighted by Gasteiger charge is 2.70. The van der Waals surface area contributed by atoms with E-state index in [4.69, 9.17) is 11.6 Å². The normalized spacial score (nSPS) is 22.9. The molecule has 0 bridgehead atoms. The maximum Gasteiger partial charge on any atom is 0.435 e. The Morgan fingerprint density at radius 1 is 1.12 bits per heavy atom. The third kappa shape index (κ3) is 5.00. The van der Waals surface area contributed by atoms with Crippen LogP contribution in [0.2, 0.25) is 5.02 Å². The van der Waals surface area contributed by atoms with E-state index < -0.39 is 97.7 Å². The molecule has 2 amide bonds. The summed E-state index contributed by atoms with van der Waals surface area (Å²) >= 11 is 6.26. The van der Waals surface area contributed by atoms with Gasteiger partial charge in [0.1, 0.15) is 17.0 Å². The summed E-state index contributed by atoms with van der Waals surface area (Å²) in [6, 6.07) is 4.36. The van der Waals surface area contributed by atoms with Gasteiger partial charge in [-0.1, -0.05) is 11.6 Å². The minimum absolute atomic E-state index is 0.0134. The molecule has 0 spiro atoms. The molecular formula is C25H22ClF6N5O4S. The van der Waals surface area contributed by atoms with E-state index in [9.17, 15) is 49.6 Å². The monoisotopic (exact) mass is 637 g/mol. The van der Waals surface area contributed by atoms with Crippen LogP contribution in [0, 0.1) is 23.7 Å².